The van der Waals surface area contributed by atoms with Crippen LogP contribution in [-0.2, 0) is 0 Å². The van der Waals surface area contributed by atoms with Crippen LogP contribution >= 0.6 is 0 Å². The first-order valence-corrected chi connectivity index (χ1v) is 6.81. The van der Waals surface area contributed by atoms with Crippen molar-refractivity contribution in [2.75, 3.05) is 14.1 Å². The quantitative estimate of drug-likeness (QED) is 0.893. The Morgan fingerprint density at radius 1 is 1.39 bits per heavy atom. The van der Waals surface area contributed by atoms with Crippen molar-refractivity contribution in [3.05, 3.63) is 30.1 Å². The normalized spacial score (nSPS) is 30.4. The lowest BCUT2D eigenvalue weighted by atomic mass is 9.71. The summed E-state index contributed by atoms with van der Waals surface area (Å²) in [6.45, 7) is 2.30. The molecule has 0 spiro atoms. The average Bonchev–Trinajstić information content (AvgIpc) is 2.40. The maximum atomic E-state index is 10.8. The Hall–Kier alpha value is -0.930. The van der Waals surface area contributed by atoms with Gasteiger partial charge in [-0.1, -0.05) is 13.0 Å². The molecular weight excluding hydrogens is 224 g/mol. The third kappa shape index (κ3) is 2.43. The lowest BCUT2D eigenvalue weighted by Gasteiger charge is -2.47. The molecule has 1 aromatic heterocycles. The Bertz CT molecular complexity index is 369. The van der Waals surface area contributed by atoms with Crippen LogP contribution in [0.15, 0.2) is 24.5 Å². The molecule has 3 heteroatoms. The van der Waals surface area contributed by atoms with Gasteiger partial charge in [-0.3, -0.25) is 4.98 Å². The molecule has 0 bridgehead atoms. The van der Waals surface area contributed by atoms with Crippen LogP contribution < -0.4 is 0 Å². The molecule has 1 N–H and O–H groups in total. The smallest absolute Gasteiger partial charge is 0.0988 e. The highest BCUT2D eigenvalue weighted by atomic mass is 16.3. The van der Waals surface area contributed by atoms with Crippen molar-refractivity contribution in [1.82, 2.24) is 9.88 Å². The summed E-state index contributed by atoms with van der Waals surface area (Å²) in [5, 5.41) is 10.8. The molecule has 3 nitrogen and oxygen atoms in total. The number of aliphatic hydroxyl groups is 1. The predicted octanol–water partition coefficient (Wildman–Crippen LogP) is 2.63. The maximum Gasteiger partial charge on any atom is 0.0988 e. The van der Waals surface area contributed by atoms with Crippen LogP contribution in [0.5, 0.6) is 0 Å². The molecule has 1 saturated carbocycles. The predicted molar refractivity (Wildman–Crippen MR) is 73.2 cm³/mol. The largest absolute Gasteiger partial charge is 0.386 e. The third-order valence-corrected chi connectivity index (χ3v) is 4.54. The van der Waals surface area contributed by atoms with Gasteiger partial charge in [0.2, 0.25) is 0 Å². The van der Waals surface area contributed by atoms with Crippen LogP contribution in [0.3, 0.4) is 0 Å². The first-order valence-electron chi connectivity index (χ1n) is 6.81. The summed E-state index contributed by atoms with van der Waals surface area (Å²) < 4.78 is 0. The van der Waals surface area contributed by atoms with Crippen LogP contribution in [0.1, 0.15) is 44.3 Å². The van der Waals surface area contributed by atoms with Crippen molar-refractivity contribution in [2.45, 2.75) is 44.2 Å². The van der Waals surface area contributed by atoms with Crippen molar-refractivity contribution in [1.29, 1.82) is 0 Å². The Morgan fingerprint density at radius 3 is 2.56 bits per heavy atom. The number of hydrogen-bond acceptors (Lipinski definition) is 3. The van der Waals surface area contributed by atoms with E-state index in [9.17, 15) is 5.11 Å². The standard InChI is InChI=1S/C15H24N2O/c1-12-6-8-15(9-7-12,17(2)3)14(18)13-5-4-10-16-11-13/h4-5,10-12,14,18H,6-9H2,1-3H3. The molecule has 18 heavy (non-hydrogen) atoms. The van der Waals surface area contributed by atoms with Gasteiger partial charge >= 0.3 is 0 Å². The van der Waals surface area contributed by atoms with Gasteiger partial charge < -0.3 is 10.0 Å². The zero-order valence-electron chi connectivity index (χ0n) is 11.6. The van der Waals surface area contributed by atoms with Crippen molar-refractivity contribution < 1.29 is 5.11 Å². The monoisotopic (exact) mass is 248 g/mol. The topological polar surface area (TPSA) is 36.4 Å². The average molecular weight is 248 g/mol. The van der Waals surface area contributed by atoms with Crippen molar-refractivity contribution in [2.24, 2.45) is 5.92 Å². The fraction of sp³-hybridized carbons (Fsp3) is 0.667. The second-order valence-electron chi connectivity index (χ2n) is 5.87. The van der Waals surface area contributed by atoms with Crippen LogP contribution in [0.2, 0.25) is 0 Å². The lowest BCUT2D eigenvalue weighted by Crippen LogP contribution is -2.51. The fourth-order valence-electron chi connectivity index (χ4n) is 3.08. The summed E-state index contributed by atoms with van der Waals surface area (Å²) >= 11 is 0. The van der Waals surface area contributed by atoms with Gasteiger partial charge in [-0.05, 0) is 51.8 Å². The first kappa shape index (κ1) is 13.5. The molecule has 1 unspecified atom stereocenters. The van der Waals surface area contributed by atoms with Crippen molar-refractivity contribution >= 4 is 0 Å². The van der Waals surface area contributed by atoms with E-state index in [1.165, 1.54) is 12.8 Å². The van der Waals surface area contributed by atoms with E-state index in [0.29, 0.717) is 0 Å². The fourth-order valence-corrected chi connectivity index (χ4v) is 3.08. The molecule has 1 atom stereocenters. The Morgan fingerprint density at radius 2 is 2.06 bits per heavy atom. The van der Waals surface area contributed by atoms with E-state index in [2.05, 4.69) is 30.9 Å². The van der Waals surface area contributed by atoms with Crippen molar-refractivity contribution in [3.8, 4) is 0 Å². The second-order valence-corrected chi connectivity index (χ2v) is 5.87. The number of pyridine rings is 1. The van der Waals surface area contributed by atoms with Gasteiger partial charge in [0.05, 0.1) is 11.6 Å². The van der Waals surface area contributed by atoms with E-state index < -0.39 is 6.10 Å². The highest BCUT2D eigenvalue weighted by Gasteiger charge is 2.43. The molecule has 0 saturated heterocycles. The molecule has 1 fully saturated rings. The number of aromatic nitrogens is 1. The zero-order chi connectivity index (χ0) is 13.2. The third-order valence-electron chi connectivity index (χ3n) is 4.54. The highest BCUT2D eigenvalue weighted by Crippen LogP contribution is 2.43. The van der Waals surface area contributed by atoms with E-state index in [4.69, 9.17) is 0 Å². The van der Waals surface area contributed by atoms with E-state index >= 15 is 0 Å². The number of likely N-dealkylation sites (N-methyl/N-ethyl adjacent to an activating group) is 1. The Kier molecular flexibility index (Phi) is 4.03. The molecule has 2 rings (SSSR count). The summed E-state index contributed by atoms with van der Waals surface area (Å²) in [4.78, 5) is 6.33. The van der Waals surface area contributed by atoms with E-state index in [0.717, 1.165) is 24.3 Å². The van der Waals surface area contributed by atoms with Crippen molar-refractivity contribution in [3.63, 3.8) is 0 Å². The van der Waals surface area contributed by atoms with Gasteiger partial charge in [-0.15, -0.1) is 0 Å². The molecule has 0 amide bonds. The van der Waals surface area contributed by atoms with Crippen LogP contribution in [0.4, 0.5) is 0 Å². The molecule has 1 heterocycles. The molecule has 0 radical (unpaired) electrons. The first-order chi connectivity index (χ1) is 8.56. The molecule has 1 aromatic rings. The van der Waals surface area contributed by atoms with Gasteiger partial charge in [0.15, 0.2) is 0 Å². The van der Waals surface area contributed by atoms with E-state index in [1.54, 1.807) is 12.4 Å². The van der Waals surface area contributed by atoms with Gasteiger partial charge in [-0.2, -0.15) is 0 Å². The number of nitrogens with zero attached hydrogens (tertiary/aromatic N) is 2. The molecule has 0 aromatic carbocycles. The van der Waals surface area contributed by atoms with Gasteiger partial charge in [-0.25, -0.2) is 0 Å². The Balaban J connectivity index is 2.25. The number of aliphatic hydroxyl groups excluding tert-OH is 1. The minimum atomic E-state index is -0.450. The molecule has 1 aliphatic carbocycles. The van der Waals surface area contributed by atoms with Gasteiger partial charge in [0, 0.05) is 18.0 Å². The lowest BCUT2D eigenvalue weighted by molar-refractivity contribution is -0.0409. The zero-order valence-corrected chi connectivity index (χ0v) is 11.6. The van der Waals surface area contributed by atoms with Crippen LogP contribution in [0.25, 0.3) is 0 Å². The summed E-state index contributed by atoms with van der Waals surface area (Å²) in [6, 6.07) is 3.87. The molecular formula is C15H24N2O. The molecule has 100 valence electrons. The van der Waals surface area contributed by atoms with Crippen LogP contribution in [-0.4, -0.2) is 34.6 Å². The van der Waals surface area contributed by atoms with Gasteiger partial charge in [0.1, 0.15) is 0 Å². The SMILES string of the molecule is CC1CCC(C(O)c2cccnc2)(N(C)C)CC1. The van der Waals surface area contributed by atoms with E-state index in [1.807, 2.05) is 12.1 Å². The summed E-state index contributed by atoms with van der Waals surface area (Å²) in [6.07, 6.45) is 7.57. The minimum absolute atomic E-state index is 0.129. The summed E-state index contributed by atoms with van der Waals surface area (Å²) in [5.41, 5.74) is 0.802. The Labute approximate surface area is 110 Å². The summed E-state index contributed by atoms with van der Waals surface area (Å²) in [7, 11) is 4.16. The maximum absolute atomic E-state index is 10.8. The van der Waals surface area contributed by atoms with Crippen LogP contribution in [0, 0.1) is 5.92 Å². The van der Waals surface area contributed by atoms with E-state index in [-0.39, 0.29) is 5.54 Å². The van der Waals surface area contributed by atoms with Gasteiger partial charge in [0.25, 0.3) is 0 Å². The molecule has 1 aliphatic rings. The molecule has 0 aliphatic heterocycles. The second kappa shape index (κ2) is 5.37. The number of hydrogen-bond donors (Lipinski definition) is 1. The number of rotatable bonds is 3. The highest BCUT2D eigenvalue weighted by molar-refractivity contribution is 5.18. The minimum Gasteiger partial charge on any atom is -0.386 e. The summed E-state index contributed by atoms with van der Waals surface area (Å²) in [5.74, 6) is 0.777.